The Morgan fingerprint density at radius 1 is 1.17 bits per heavy atom. The third-order valence-electron chi connectivity index (χ3n) is 5.31. The molecule has 7 nitrogen and oxygen atoms in total. The van der Waals surface area contributed by atoms with Crippen molar-refractivity contribution in [1.82, 2.24) is 20.3 Å². The van der Waals surface area contributed by atoms with Crippen molar-refractivity contribution >= 4 is 40.0 Å². The first-order valence-corrected chi connectivity index (χ1v) is 12.3. The molecule has 1 saturated heterocycles. The van der Waals surface area contributed by atoms with E-state index in [1.165, 1.54) is 32.9 Å². The van der Waals surface area contributed by atoms with E-state index < -0.39 is 10.0 Å². The minimum absolute atomic E-state index is 0. The molecule has 0 aromatic heterocycles. The van der Waals surface area contributed by atoms with E-state index in [2.05, 4.69) is 39.1 Å². The molecule has 0 saturated carbocycles. The molecule has 1 aromatic rings. The van der Waals surface area contributed by atoms with Gasteiger partial charge in [0.25, 0.3) is 0 Å². The molecule has 0 aliphatic carbocycles. The van der Waals surface area contributed by atoms with Gasteiger partial charge in [0.15, 0.2) is 5.96 Å². The van der Waals surface area contributed by atoms with Gasteiger partial charge in [-0.3, -0.25) is 0 Å². The van der Waals surface area contributed by atoms with Gasteiger partial charge in [-0.2, -0.15) is 0 Å². The predicted octanol–water partition coefficient (Wildman–Crippen LogP) is 2.67. The third kappa shape index (κ3) is 9.93. The molecule has 1 aliphatic rings. The van der Waals surface area contributed by atoms with Crippen LogP contribution in [-0.4, -0.2) is 58.5 Å². The first-order valence-electron chi connectivity index (χ1n) is 10.7. The van der Waals surface area contributed by atoms with E-state index in [1.807, 2.05) is 24.3 Å². The topological polar surface area (TPSA) is 85.8 Å². The molecule has 9 heteroatoms. The number of hydrogen-bond donors (Lipinski definition) is 3. The maximum atomic E-state index is 11.6. The van der Waals surface area contributed by atoms with E-state index in [-0.39, 0.29) is 29.7 Å². The molecule has 30 heavy (non-hydrogen) atoms. The predicted molar refractivity (Wildman–Crippen MR) is 136 cm³/mol. The number of likely N-dealkylation sites (tertiary alicyclic amines) is 1. The number of piperidine rings is 1. The summed E-state index contributed by atoms with van der Waals surface area (Å²) in [4.78, 5) is 7.24. The Balaban J connectivity index is 0.00000450. The summed E-state index contributed by atoms with van der Waals surface area (Å²) in [6.07, 6.45) is 5.10. The monoisotopic (exact) mass is 551 g/mol. The van der Waals surface area contributed by atoms with Crippen LogP contribution in [0.25, 0.3) is 0 Å². The number of benzene rings is 1. The van der Waals surface area contributed by atoms with Crippen LogP contribution < -0.4 is 15.4 Å². The fourth-order valence-corrected chi connectivity index (χ4v) is 4.30. The zero-order valence-corrected chi connectivity index (χ0v) is 21.6. The van der Waals surface area contributed by atoms with Crippen molar-refractivity contribution in [2.75, 3.05) is 33.2 Å². The maximum absolute atomic E-state index is 11.6. The summed E-state index contributed by atoms with van der Waals surface area (Å²) in [6, 6.07) is 8.27. The Hall–Kier alpha value is -0.910. The Morgan fingerprint density at radius 2 is 1.87 bits per heavy atom. The lowest BCUT2D eigenvalue weighted by Gasteiger charge is -2.33. The van der Waals surface area contributed by atoms with E-state index >= 15 is 0 Å². The summed E-state index contributed by atoms with van der Waals surface area (Å²) in [5, 5.41) is 6.71. The van der Waals surface area contributed by atoms with Crippen LogP contribution in [0.15, 0.2) is 29.3 Å². The van der Waals surface area contributed by atoms with Gasteiger partial charge in [0.1, 0.15) is 0 Å². The van der Waals surface area contributed by atoms with Crippen LogP contribution in [0.4, 0.5) is 0 Å². The molecule has 2 rings (SSSR count). The largest absolute Gasteiger partial charge is 0.357 e. The Bertz CT molecular complexity index is 740. The van der Waals surface area contributed by atoms with Crippen LogP contribution in [0.3, 0.4) is 0 Å². The number of sulfonamides is 1. The molecule has 1 heterocycles. The lowest BCUT2D eigenvalue weighted by molar-refractivity contribution is 0.159. The van der Waals surface area contributed by atoms with Gasteiger partial charge >= 0.3 is 0 Å². The fourth-order valence-electron chi connectivity index (χ4n) is 3.52. The van der Waals surface area contributed by atoms with Crippen LogP contribution in [0.1, 0.15) is 50.7 Å². The van der Waals surface area contributed by atoms with Crippen molar-refractivity contribution in [3.63, 3.8) is 0 Å². The smallest absolute Gasteiger partial charge is 0.215 e. The van der Waals surface area contributed by atoms with Crippen LogP contribution >= 0.6 is 24.0 Å². The Morgan fingerprint density at radius 3 is 2.50 bits per heavy atom. The number of rotatable bonds is 10. The molecule has 1 fully saturated rings. The molecule has 1 unspecified atom stereocenters. The number of hydrogen-bond acceptors (Lipinski definition) is 4. The molecule has 1 aliphatic heterocycles. The van der Waals surface area contributed by atoms with Crippen LogP contribution in [0.5, 0.6) is 0 Å². The third-order valence-corrected chi connectivity index (χ3v) is 6.65. The molecular formula is C21H38IN5O2S. The molecule has 1 aromatic carbocycles. The van der Waals surface area contributed by atoms with E-state index in [0.717, 1.165) is 43.1 Å². The zero-order chi connectivity index (χ0) is 21.1. The van der Waals surface area contributed by atoms with Gasteiger partial charge in [-0.1, -0.05) is 30.7 Å². The van der Waals surface area contributed by atoms with Gasteiger partial charge in [-0.05, 0) is 57.8 Å². The highest BCUT2D eigenvalue weighted by atomic mass is 127. The van der Waals surface area contributed by atoms with Crippen LogP contribution in [0, 0.1) is 0 Å². The summed E-state index contributed by atoms with van der Waals surface area (Å²) in [5.74, 6) is 0.813. The maximum Gasteiger partial charge on any atom is 0.215 e. The lowest BCUT2D eigenvalue weighted by atomic mass is 10.0. The summed E-state index contributed by atoms with van der Waals surface area (Å²) in [7, 11) is -1.81. The number of guanidine groups is 1. The second kappa shape index (κ2) is 14.2. The molecule has 0 bridgehead atoms. The second-order valence-corrected chi connectivity index (χ2v) is 9.56. The average Bonchev–Trinajstić information content (AvgIpc) is 2.71. The summed E-state index contributed by atoms with van der Waals surface area (Å²) >= 11 is 0. The fraction of sp³-hybridized carbons (Fsp3) is 0.667. The van der Waals surface area contributed by atoms with Crippen molar-refractivity contribution in [3.8, 4) is 0 Å². The average molecular weight is 552 g/mol. The number of halogens is 1. The molecule has 172 valence electrons. The number of nitrogens with zero attached hydrogens (tertiary/aromatic N) is 2. The molecule has 3 N–H and O–H groups in total. The van der Waals surface area contributed by atoms with Crippen molar-refractivity contribution < 1.29 is 8.42 Å². The molecule has 1 atom stereocenters. The second-order valence-electron chi connectivity index (χ2n) is 7.64. The standard InChI is InChI=1S/C21H37N5O2S.HI/c1-4-23-21(24-13-7-15-26-14-6-5-8-18(26)2)25-16-19-9-11-20(12-10-19)17-29(27,28)22-3;/h9-12,18,22H,4-8,13-17H2,1-3H3,(H2,23,24,25);1H. The zero-order valence-electron chi connectivity index (χ0n) is 18.5. The SMILES string of the molecule is CCNC(=NCc1ccc(CS(=O)(=O)NC)cc1)NCCCN1CCCCC1C.I. The van der Waals surface area contributed by atoms with Crippen LogP contribution in [0.2, 0.25) is 0 Å². The van der Waals surface area contributed by atoms with E-state index in [0.29, 0.717) is 12.6 Å². The highest BCUT2D eigenvalue weighted by molar-refractivity contribution is 14.0. The van der Waals surface area contributed by atoms with Gasteiger partial charge in [-0.25, -0.2) is 18.1 Å². The van der Waals surface area contributed by atoms with Gasteiger partial charge in [0.05, 0.1) is 12.3 Å². The first-order chi connectivity index (χ1) is 13.9. The highest BCUT2D eigenvalue weighted by Gasteiger charge is 2.17. The quantitative estimate of drug-likeness (QED) is 0.180. The van der Waals surface area contributed by atoms with Crippen molar-refractivity contribution in [2.24, 2.45) is 4.99 Å². The number of aliphatic imine (C=N–C) groups is 1. The van der Waals surface area contributed by atoms with Crippen LogP contribution in [-0.2, 0) is 22.3 Å². The van der Waals surface area contributed by atoms with Crippen molar-refractivity contribution in [3.05, 3.63) is 35.4 Å². The van der Waals surface area contributed by atoms with Gasteiger partial charge in [-0.15, -0.1) is 24.0 Å². The summed E-state index contributed by atoms with van der Waals surface area (Å²) < 4.78 is 25.6. The lowest BCUT2D eigenvalue weighted by Crippen LogP contribution is -2.41. The molecule has 0 radical (unpaired) electrons. The highest BCUT2D eigenvalue weighted by Crippen LogP contribution is 2.16. The molecular weight excluding hydrogens is 513 g/mol. The minimum Gasteiger partial charge on any atom is -0.357 e. The van der Waals surface area contributed by atoms with E-state index in [1.54, 1.807) is 0 Å². The first kappa shape index (κ1) is 27.1. The summed E-state index contributed by atoms with van der Waals surface area (Å²) in [6.45, 7) is 9.01. The minimum atomic E-state index is -3.24. The molecule has 0 spiro atoms. The van der Waals surface area contributed by atoms with Crippen molar-refractivity contribution in [2.45, 2.75) is 57.9 Å². The van der Waals surface area contributed by atoms with Crippen molar-refractivity contribution in [1.29, 1.82) is 0 Å². The van der Waals surface area contributed by atoms with Gasteiger partial charge < -0.3 is 15.5 Å². The summed E-state index contributed by atoms with van der Waals surface area (Å²) in [5.41, 5.74) is 1.82. The molecule has 0 amide bonds. The van der Waals surface area contributed by atoms with Gasteiger partial charge in [0, 0.05) is 25.7 Å². The Kier molecular flexibility index (Phi) is 12.8. The van der Waals surface area contributed by atoms with E-state index in [4.69, 9.17) is 0 Å². The Labute approximate surface area is 199 Å². The normalized spacial score (nSPS) is 18.0. The van der Waals surface area contributed by atoms with E-state index in [9.17, 15) is 8.42 Å². The number of nitrogens with one attached hydrogen (secondary N) is 3. The van der Waals surface area contributed by atoms with Gasteiger partial charge in [0.2, 0.25) is 10.0 Å².